The highest BCUT2D eigenvalue weighted by molar-refractivity contribution is 9.18. The number of para-hydroxylation sites is 1. The Labute approximate surface area is 185 Å². The fourth-order valence-electron chi connectivity index (χ4n) is 3.54. The van der Waals surface area contributed by atoms with Gasteiger partial charge in [0.2, 0.25) is 0 Å². The summed E-state index contributed by atoms with van der Waals surface area (Å²) in [6.07, 6.45) is 1.28. The minimum Gasteiger partial charge on any atom is -0.383 e. The van der Waals surface area contributed by atoms with E-state index in [1.807, 2.05) is 31.2 Å². The highest BCUT2D eigenvalue weighted by Crippen LogP contribution is 2.23. The third-order valence-electron chi connectivity index (χ3n) is 4.96. The summed E-state index contributed by atoms with van der Waals surface area (Å²) >= 11 is 3.10. The molecule has 7 nitrogen and oxygen atoms in total. The van der Waals surface area contributed by atoms with Gasteiger partial charge in [0.1, 0.15) is 28.4 Å². The van der Waals surface area contributed by atoms with Crippen molar-refractivity contribution in [1.29, 1.82) is 5.41 Å². The van der Waals surface area contributed by atoms with Crippen molar-refractivity contribution >= 4 is 43.0 Å². The summed E-state index contributed by atoms with van der Waals surface area (Å²) in [6, 6.07) is 13.5. The van der Waals surface area contributed by atoms with Gasteiger partial charge >= 0.3 is 0 Å². The van der Waals surface area contributed by atoms with Crippen LogP contribution in [0.3, 0.4) is 0 Å². The van der Waals surface area contributed by atoms with E-state index < -0.39 is 5.82 Å². The van der Waals surface area contributed by atoms with Crippen LogP contribution < -0.4 is 16.6 Å². The fourth-order valence-corrected chi connectivity index (χ4v) is 3.93. The van der Waals surface area contributed by atoms with E-state index in [4.69, 9.17) is 11.1 Å². The van der Waals surface area contributed by atoms with Gasteiger partial charge in [0.05, 0.1) is 23.2 Å². The molecule has 31 heavy (non-hydrogen) atoms. The Morgan fingerprint density at radius 1 is 1.23 bits per heavy atom. The molecule has 9 heteroatoms. The molecule has 156 valence electrons. The molecule has 4 aromatic rings. The molecule has 0 atom stereocenters. The molecule has 2 aromatic carbocycles. The minimum absolute atomic E-state index is 0.0220. The summed E-state index contributed by atoms with van der Waals surface area (Å²) in [6.45, 7) is 1.99. The molecule has 4 N–H and O–H groups in total. The summed E-state index contributed by atoms with van der Waals surface area (Å²) in [5, 5.41) is 12.3. The van der Waals surface area contributed by atoms with Gasteiger partial charge in [0.25, 0.3) is 5.56 Å². The molecule has 0 aliphatic rings. The number of benzene rings is 2. The van der Waals surface area contributed by atoms with Gasteiger partial charge in [-0.05, 0) is 52.0 Å². The Balaban J connectivity index is 1.90. The van der Waals surface area contributed by atoms with Crippen LogP contribution >= 0.6 is 15.9 Å². The Morgan fingerprint density at radius 2 is 2.00 bits per heavy atom. The Kier molecular flexibility index (Phi) is 5.51. The molecule has 2 heterocycles. The van der Waals surface area contributed by atoms with Crippen LogP contribution in [-0.2, 0) is 6.54 Å². The molecule has 0 saturated carbocycles. The van der Waals surface area contributed by atoms with Crippen LogP contribution in [0.25, 0.3) is 16.5 Å². The van der Waals surface area contributed by atoms with Crippen LogP contribution in [0.5, 0.6) is 0 Å². The van der Waals surface area contributed by atoms with Gasteiger partial charge in [-0.2, -0.15) is 0 Å². The molecule has 0 radical (unpaired) electrons. The van der Waals surface area contributed by atoms with Crippen LogP contribution in [0.2, 0.25) is 0 Å². The number of nitrogens with one attached hydrogen (secondary N) is 2. The topological polar surface area (TPSA) is 110 Å². The molecule has 0 unspecified atom stereocenters. The van der Waals surface area contributed by atoms with Crippen LogP contribution in [0.1, 0.15) is 16.8 Å². The highest BCUT2D eigenvalue weighted by atomic mass is 79.9. The maximum atomic E-state index is 14.7. The number of fused-ring (bicyclic) bond motifs is 1. The predicted molar refractivity (Wildman–Crippen MR) is 124 cm³/mol. The second-order valence-electron chi connectivity index (χ2n) is 6.92. The van der Waals surface area contributed by atoms with Crippen molar-refractivity contribution in [2.45, 2.75) is 13.5 Å². The van der Waals surface area contributed by atoms with Gasteiger partial charge in [-0.15, -0.1) is 0 Å². The Morgan fingerprint density at radius 3 is 2.74 bits per heavy atom. The molecule has 2 aromatic heterocycles. The first-order chi connectivity index (χ1) is 14.9. The number of aryl methyl sites for hydroxylation is 1. The SMILES string of the molecule is Cc1cccc2cc(CNc3ncnc(N)c3C(=N)Br)n(-c3ccccc3F)c(=O)c12. The van der Waals surface area contributed by atoms with E-state index in [0.717, 1.165) is 10.9 Å². The first kappa shape index (κ1) is 20.7. The first-order valence-corrected chi connectivity index (χ1v) is 10.2. The fraction of sp³-hybridized carbons (Fsp3) is 0.0909. The molecule has 0 bridgehead atoms. The van der Waals surface area contributed by atoms with Gasteiger partial charge in [0, 0.05) is 5.69 Å². The number of aromatic nitrogens is 3. The van der Waals surface area contributed by atoms with Crippen LogP contribution in [-0.4, -0.2) is 19.2 Å². The van der Waals surface area contributed by atoms with E-state index in [-0.39, 0.29) is 28.2 Å². The molecule has 0 saturated heterocycles. The molecular formula is C22H18BrFN6O. The minimum atomic E-state index is -0.506. The van der Waals surface area contributed by atoms with E-state index in [2.05, 4.69) is 31.2 Å². The smallest absolute Gasteiger partial charge is 0.263 e. The molecule has 0 aliphatic heterocycles. The van der Waals surface area contributed by atoms with Gasteiger partial charge < -0.3 is 11.1 Å². The number of pyridine rings is 1. The van der Waals surface area contributed by atoms with Crippen molar-refractivity contribution in [3.05, 3.63) is 87.9 Å². The van der Waals surface area contributed by atoms with Gasteiger partial charge in [-0.1, -0.05) is 30.3 Å². The lowest BCUT2D eigenvalue weighted by Gasteiger charge is -2.17. The lowest BCUT2D eigenvalue weighted by molar-refractivity contribution is 0.614. The van der Waals surface area contributed by atoms with Crippen molar-refractivity contribution in [3.8, 4) is 5.69 Å². The lowest BCUT2D eigenvalue weighted by Crippen LogP contribution is -2.25. The number of anilines is 2. The number of halogens is 2. The molecule has 0 aliphatic carbocycles. The molecule has 0 fully saturated rings. The lowest BCUT2D eigenvalue weighted by atomic mass is 10.1. The van der Waals surface area contributed by atoms with Crippen molar-refractivity contribution in [2.75, 3.05) is 11.1 Å². The van der Waals surface area contributed by atoms with Crippen LogP contribution in [0, 0.1) is 18.2 Å². The average Bonchev–Trinajstić information content (AvgIpc) is 2.73. The maximum Gasteiger partial charge on any atom is 0.263 e. The second kappa shape index (κ2) is 8.27. The molecule has 0 spiro atoms. The summed E-state index contributed by atoms with van der Waals surface area (Å²) in [5.41, 5.74) is 7.37. The molecular weight excluding hydrogens is 463 g/mol. The third kappa shape index (κ3) is 3.79. The zero-order chi connectivity index (χ0) is 22.1. The highest BCUT2D eigenvalue weighted by Gasteiger charge is 2.17. The maximum absolute atomic E-state index is 14.7. The predicted octanol–water partition coefficient (Wildman–Crippen LogP) is 4.14. The largest absolute Gasteiger partial charge is 0.383 e. The van der Waals surface area contributed by atoms with Crippen molar-refractivity contribution in [1.82, 2.24) is 14.5 Å². The van der Waals surface area contributed by atoms with E-state index in [0.29, 0.717) is 22.5 Å². The monoisotopic (exact) mass is 480 g/mol. The zero-order valence-electron chi connectivity index (χ0n) is 16.5. The third-order valence-corrected chi connectivity index (χ3v) is 5.35. The van der Waals surface area contributed by atoms with Gasteiger partial charge in [-0.25, -0.2) is 14.4 Å². The number of nitrogen functional groups attached to an aromatic ring is 1. The summed E-state index contributed by atoms with van der Waals surface area (Å²) < 4.78 is 16.1. The number of rotatable bonds is 5. The van der Waals surface area contributed by atoms with Crippen LogP contribution in [0.15, 0.2) is 59.7 Å². The quantitative estimate of drug-likeness (QED) is 0.371. The van der Waals surface area contributed by atoms with E-state index in [1.165, 1.54) is 17.0 Å². The summed E-state index contributed by atoms with van der Waals surface area (Å²) in [4.78, 5) is 21.5. The van der Waals surface area contributed by atoms with Gasteiger partial charge in [-0.3, -0.25) is 14.8 Å². The van der Waals surface area contributed by atoms with Crippen molar-refractivity contribution in [3.63, 3.8) is 0 Å². The number of hydrogen-bond acceptors (Lipinski definition) is 6. The number of hydrogen-bond donors (Lipinski definition) is 3. The molecule has 0 amide bonds. The summed E-state index contributed by atoms with van der Waals surface area (Å²) in [5.74, 6) is -0.0424. The van der Waals surface area contributed by atoms with Crippen LogP contribution in [0.4, 0.5) is 16.0 Å². The Bertz CT molecular complexity index is 1380. The molecule has 4 rings (SSSR count). The van der Waals surface area contributed by atoms with Crippen molar-refractivity contribution in [2.24, 2.45) is 0 Å². The number of nitrogens with two attached hydrogens (primary N) is 1. The zero-order valence-corrected chi connectivity index (χ0v) is 18.1. The average molecular weight is 481 g/mol. The first-order valence-electron chi connectivity index (χ1n) is 9.36. The second-order valence-corrected chi connectivity index (χ2v) is 7.71. The Hall–Kier alpha value is -3.59. The summed E-state index contributed by atoms with van der Waals surface area (Å²) in [7, 11) is 0. The number of nitrogens with zero attached hydrogens (tertiary/aromatic N) is 3. The van der Waals surface area contributed by atoms with Crippen molar-refractivity contribution < 1.29 is 4.39 Å². The van der Waals surface area contributed by atoms with Gasteiger partial charge in [0.15, 0.2) is 0 Å². The van der Waals surface area contributed by atoms with E-state index in [9.17, 15) is 9.18 Å². The van der Waals surface area contributed by atoms with E-state index in [1.54, 1.807) is 18.2 Å². The van der Waals surface area contributed by atoms with E-state index >= 15 is 0 Å². The normalized spacial score (nSPS) is 10.9. The standard InChI is InChI=1S/C22H18BrFN6O/c1-12-5-4-6-13-9-14(10-27-21-18(19(23)25)20(26)28-11-29-21)30(22(31)17(12)13)16-8-3-2-7-15(16)24/h2-9,11,25H,10H2,1H3,(H3,26,27,28,29).